The summed E-state index contributed by atoms with van der Waals surface area (Å²) in [7, 11) is 2.63. The summed E-state index contributed by atoms with van der Waals surface area (Å²) in [5, 5.41) is 53.0. The molecule has 0 spiro atoms. The third-order valence-corrected chi connectivity index (χ3v) is 7.46. The van der Waals surface area contributed by atoms with E-state index in [-0.39, 0.29) is 49.1 Å². The summed E-state index contributed by atoms with van der Waals surface area (Å²) >= 11 is 0. The van der Waals surface area contributed by atoms with Gasteiger partial charge in [0.15, 0.2) is 12.2 Å². The Morgan fingerprint density at radius 3 is 2.58 bits per heavy atom. The van der Waals surface area contributed by atoms with E-state index in [4.69, 9.17) is 29.4 Å². The second-order valence-corrected chi connectivity index (χ2v) is 10.2. The molecule has 0 bridgehead atoms. The number of nitrogens with two attached hydrogens (primary N) is 1. The van der Waals surface area contributed by atoms with Gasteiger partial charge < -0.3 is 65.2 Å². The molecule has 3 heterocycles. The van der Waals surface area contributed by atoms with Crippen molar-refractivity contribution in [3.63, 3.8) is 0 Å². The molecule has 1 saturated heterocycles. The number of ether oxygens (including phenoxy) is 5. The fourth-order valence-corrected chi connectivity index (χ4v) is 5.14. The molecule has 8 N–H and O–H groups in total. The van der Waals surface area contributed by atoms with Gasteiger partial charge in [-0.3, -0.25) is 4.99 Å². The summed E-state index contributed by atoms with van der Waals surface area (Å²) in [6.07, 6.45) is -0.237. The lowest BCUT2D eigenvalue weighted by molar-refractivity contribution is -0.344. The van der Waals surface area contributed by atoms with E-state index >= 15 is 0 Å². The minimum Gasteiger partial charge on any atom is -0.478 e. The third kappa shape index (κ3) is 8.29. The number of carbonyl (C=O) groups is 2. The lowest BCUT2D eigenvalue weighted by Crippen LogP contribution is -2.61. The van der Waals surface area contributed by atoms with Gasteiger partial charge in [0.1, 0.15) is 24.4 Å². The third-order valence-electron chi connectivity index (χ3n) is 7.46. The monoisotopic (exact) mass is 638 g/mol. The van der Waals surface area contributed by atoms with Gasteiger partial charge in [-0.2, -0.15) is 0 Å². The highest BCUT2D eigenvalue weighted by Gasteiger charge is 2.48. The lowest BCUT2D eigenvalue weighted by Gasteiger charge is -2.44. The van der Waals surface area contributed by atoms with Crippen LogP contribution >= 0.6 is 0 Å². The molecule has 0 aliphatic carbocycles. The highest BCUT2D eigenvalue weighted by atomic mass is 16.8. The minimum atomic E-state index is -1.45. The Morgan fingerprint density at radius 2 is 2.00 bits per heavy atom. The Balaban J connectivity index is 2.03. The van der Waals surface area contributed by atoms with Crippen LogP contribution in [-0.4, -0.2) is 132 Å². The number of carboxylic acids is 1. The number of hydrogen-bond donors (Lipinski definition) is 7. The quantitative estimate of drug-likeness (QED) is 0.0515. The molecule has 0 aromatic carbocycles. The van der Waals surface area contributed by atoms with E-state index in [2.05, 4.69) is 16.9 Å². The summed E-state index contributed by atoms with van der Waals surface area (Å²) in [4.78, 5) is 30.5. The van der Waals surface area contributed by atoms with Gasteiger partial charge in [0.25, 0.3) is 0 Å². The number of methoxy groups -OCH3 is 1. The second-order valence-electron chi connectivity index (χ2n) is 10.2. The molecule has 0 amide bonds. The summed E-state index contributed by atoms with van der Waals surface area (Å²) in [5.74, 6) is -3.57. The predicted octanol–water partition coefficient (Wildman–Crippen LogP) is -1.70. The molecule has 0 saturated carbocycles. The Labute approximate surface area is 260 Å². The Hall–Kier alpha value is -3.77. The van der Waals surface area contributed by atoms with E-state index in [0.29, 0.717) is 5.57 Å². The maximum absolute atomic E-state index is 12.8. The maximum atomic E-state index is 12.8. The van der Waals surface area contributed by atoms with Crippen molar-refractivity contribution < 1.29 is 58.8 Å². The van der Waals surface area contributed by atoms with Crippen molar-refractivity contribution in [1.29, 1.82) is 0 Å². The first-order valence-corrected chi connectivity index (χ1v) is 14.2. The van der Waals surface area contributed by atoms with Crippen LogP contribution < -0.4 is 11.1 Å². The van der Waals surface area contributed by atoms with Crippen molar-refractivity contribution in [2.45, 2.75) is 43.9 Å². The van der Waals surface area contributed by atoms with Crippen LogP contribution in [-0.2, 0) is 33.3 Å². The Morgan fingerprint density at radius 1 is 1.27 bits per heavy atom. The standard InChI is InChI=1S/C29H42N4O12/c1-5-16-17(8-7-15-11-33(9-10-34)12-18(25(38)39)21(15)32-29(30)31-3)19(26(40)41-4)14-43-27(16)45-28-24(42-6-2)23(37)22(36)20(13-35)44-28/h5,7-8,11,14,16-17,20,22-24,27-28,34-37H,1,6,9-10,12-13H2,2-4H3,(H,38,39)(H3,30,31,32)/b8-7+/t16-,17+,20-,22-,23+,24-,27+,28+/m1/s1. The number of aliphatic carboxylic acids is 1. The zero-order valence-electron chi connectivity index (χ0n) is 25.3. The smallest absolute Gasteiger partial charge is 0.337 e. The molecule has 8 atom stereocenters. The summed E-state index contributed by atoms with van der Waals surface area (Å²) < 4.78 is 28.1. The first kappa shape index (κ1) is 35.7. The molecule has 16 nitrogen and oxygen atoms in total. The molecule has 1 fully saturated rings. The molecule has 0 unspecified atom stereocenters. The molecule has 3 aliphatic heterocycles. The summed E-state index contributed by atoms with van der Waals surface area (Å²) in [5.41, 5.74) is 6.44. The number of aliphatic hydroxyl groups excluding tert-OH is 4. The fourth-order valence-electron chi connectivity index (χ4n) is 5.14. The van der Waals surface area contributed by atoms with Crippen molar-refractivity contribution >= 4 is 17.9 Å². The van der Waals surface area contributed by atoms with Gasteiger partial charge in [-0.15, -0.1) is 6.58 Å². The SMILES string of the molecule is C=C[C@H]1[C@H](O[C@@H]2O[C@H](CO)[C@@H](O)[C@H](O)[C@H]2OCC)OC=C(C(=O)OC)[C@H]1/C=C/C1=CN(CCO)CC(C(=O)O)=C1NC(N)=NC. The first-order chi connectivity index (χ1) is 21.5. The molecule has 16 heteroatoms. The summed E-state index contributed by atoms with van der Waals surface area (Å²) in [6.45, 7) is 4.99. The van der Waals surface area contributed by atoms with Crippen LogP contribution in [0.2, 0.25) is 0 Å². The summed E-state index contributed by atoms with van der Waals surface area (Å²) in [6, 6.07) is 0. The predicted molar refractivity (Wildman–Crippen MR) is 158 cm³/mol. The fraction of sp³-hybridized carbons (Fsp3) is 0.552. The number of aliphatic hydroxyl groups is 4. The van der Waals surface area contributed by atoms with Gasteiger partial charge in [-0.25, -0.2) is 9.59 Å². The van der Waals surface area contributed by atoms with Gasteiger partial charge in [-0.1, -0.05) is 18.2 Å². The van der Waals surface area contributed by atoms with E-state index in [1.54, 1.807) is 30.2 Å². The van der Waals surface area contributed by atoms with Crippen molar-refractivity contribution in [3.8, 4) is 0 Å². The molecule has 0 aromatic rings. The average molecular weight is 639 g/mol. The molecular weight excluding hydrogens is 596 g/mol. The van der Waals surface area contributed by atoms with Crippen LogP contribution in [0, 0.1) is 11.8 Å². The highest BCUT2D eigenvalue weighted by molar-refractivity contribution is 5.92. The zero-order valence-corrected chi connectivity index (χ0v) is 25.3. The van der Waals surface area contributed by atoms with E-state index in [0.717, 1.165) is 6.26 Å². The first-order valence-electron chi connectivity index (χ1n) is 14.2. The van der Waals surface area contributed by atoms with Gasteiger partial charge in [0, 0.05) is 37.9 Å². The molecule has 250 valence electrons. The van der Waals surface area contributed by atoms with Gasteiger partial charge in [-0.05, 0) is 6.92 Å². The van der Waals surface area contributed by atoms with E-state index < -0.39 is 67.4 Å². The number of guanidine groups is 1. The highest BCUT2D eigenvalue weighted by Crippen LogP contribution is 2.37. The van der Waals surface area contributed by atoms with Gasteiger partial charge in [0.2, 0.25) is 6.29 Å². The number of esters is 1. The van der Waals surface area contributed by atoms with Crippen LogP contribution in [0.1, 0.15) is 6.92 Å². The van der Waals surface area contributed by atoms with Crippen molar-refractivity contribution in [1.82, 2.24) is 10.2 Å². The van der Waals surface area contributed by atoms with E-state index in [9.17, 15) is 35.1 Å². The number of allylic oxidation sites excluding steroid dienone is 2. The number of carboxylic acid groups (broad SMARTS) is 1. The largest absolute Gasteiger partial charge is 0.478 e. The number of rotatable bonds is 13. The molecule has 45 heavy (non-hydrogen) atoms. The van der Waals surface area contributed by atoms with E-state index in [1.165, 1.54) is 20.2 Å². The van der Waals surface area contributed by atoms with Crippen LogP contribution in [0.15, 0.2) is 64.7 Å². The average Bonchev–Trinajstić information content (AvgIpc) is 3.03. The van der Waals surface area contributed by atoms with Gasteiger partial charge >= 0.3 is 11.9 Å². The number of aliphatic imine (C=N–C) groups is 1. The van der Waals surface area contributed by atoms with Crippen LogP contribution in [0.3, 0.4) is 0 Å². The van der Waals surface area contributed by atoms with E-state index in [1.807, 2.05) is 0 Å². The second kappa shape index (κ2) is 16.5. The molecular formula is C29H42N4O12. The van der Waals surface area contributed by atoms with Crippen molar-refractivity contribution in [2.24, 2.45) is 22.6 Å². The minimum absolute atomic E-state index is 0.0277. The number of carbonyl (C=O) groups excluding carboxylic acids is 1. The zero-order chi connectivity index (χ0) is 33.3. The van der Waals surface area contributed by atoms with Crippen LogP contribution in [0.25, 0.3) is 0 Å². The van der Waals surface area contributed by atoms with Crippen molar-refractivity contribution in [3.05, 3.63) is 59.7 Å². The molecule has 3 aliphatic rings. The molecule has 3 rings (SSSR count). The van der Waals surface area contributed by atoms with Crippen molar-refractivity contribution in [2.75, 3.05) is 47.1 Å². The van der Waals surface area contributed by atoms with Crippen LogP contribution in [0.4, 0.5) is 0 Å². The number of nitrogens with one attached hydrogen (secondary N) is 1. The number of hydrogen-bond acceptors (Lipinski definition) is 13. The molecule has 0 radical (unpaired) electrons. The maximum Gasteiger partial charge on any atom is 0.337 e. The lowest BCUT2D eigenvalue weighted by atomic mass is 9.83. The molecule has 0 aromatic heterocycles. The Bertz CT molecular complexity index is 1230. The number of β-amino-alcohol motifs (C(OH)–C–C–N with tert-alkyl or cyclic N) is 1. The van der Waals surface area contributed by atoms with Gasteiger partial charge in [0.05, 0.1) is 55.9 Å². The number of nitrogens with zero attached hydrogens (tertiary/aromatic N) is 2. The topological polar surface area (TPSA) is 235 Å². The van der Waals surface area contributed by atoms with Crippen LogP contribution in [0.5, 0.6) is 0 Å². The normalized spacial score (nSPS) is 30.8. The Kier molecular flexibility index (Phi) is 13.1.